The molecular formula is C12H28Na2O. The first kappa shape index (κ1) is 22.2. The number of unbranched alkanes of at least 4 members (excludes halogenated alkanes) is 9. The van der Waals surface area contributed by atoms with Crippen molar-refractivity contribution in [2.45, 2.75) is 71.1 Å². The molecule has 0 radical (unpaired) electrons. The van der Waals surface area contributed by atoms with E-state index >= 15 is 0 Å². The van der Waals surface area contributed by atoms with Crippen LogP contribution in [-0.2, 0) is 0 Å². The van der Waals surface area contributed by atoms with Crippen LogP contribution in [0.15, 0.2) is 0 Å². The minimum absolute atomic E-state index is 0. The summed E-state index contributed by atoms with van der Waals surface area (Å²) in [6.45, 7) is 2.63. The summed E-state index contributed by atoms with van der Waals surface area (Å²) in [5.74, 6) is 0. The summed E-state index contributed by atoms with van der Waals surface area (Å²) in [7, 11) is 0. The van der Waals surface area contributed by atoms with Crippen molar-refractivity contribution in [3.63, 3.8) is 0 Å². The first-order valence-corrected chi connectivity index (χ1v) is 6.02. The normalized spacial score (nSPS) is 9.20. The third kappa shape index (κ3) is 21.7. The van der Waals surface area contributed by atoms with Gasteiger partial charge in [0.15, 0.2) is 0 Å². The first-order valence-electron chi connectivity index (χ1n) is 6.02. The Morgan fingerprint density at radius 2 is 1.00 bits per heavy atom. The molecule has 1 N–H and O–H groups in total. The maximum atomic E-state index is 8.57. The van der Waals surface area contributed by atoms with Gasteiger partial charge in [0.05, 0.1) is 0 Å². The SMILES string of the molecule is CCCCCCCCCCCCO.[H-].[H-].[Na+].[Na+]. The van der Waals surface area contributed by atoms with Crippen molar-refractivity contribution < 1.29 is 67.1 Å². The zero-order chi connectivity index (χ0) is 9.78. The Bertz CT molecular complexity index is 88.6. The van der Waals surface area contributed by atoms with Gasteiger partial charge < -0.3 is 7.96 Å². The van der Waals surface area contributed by atoms with Gasteiger partial charge in [-0.05, 0) is 6.42 Å². The van der Waals surface area contributed by atoms with Gasteiger partial charge >= 0.3 is 59.1 Å². The standard InChI is InChI=1S/C12H26O.2Na.2H/c1-2-3-4-5-6-7-8-9-10-11-12-13;;;;/h13H,2-12H2,1H3;;;;/q;2*+1;2*-1. The van der Waals surface area contributed by atoms with Crippen LogP contribution in [0.4, 0.5) is 0 Å². The molecule has 0 atom stereocenters. The summed E-state index contributed by atoms with van der Waals surface area (Å²) < 4.78 is 0. The molecule has 0 unspecified atom stereocenters. The van der Waals surface area contributed by atoms with Gasteiger partial charge in [-0.3, -0.25) is 0 Å². The molecule has 0 aliphatic heterocycles. The summed E-state index contributed by atoms with van der Waals surface area (Å²) in [6, 6.07) is 0. The fraction of sp³-hybridized carbons (Fsp3) is 1.00. The van der Waals surface area contributed by atoms with Crippen molar-refractivity contribution in [2.75, 3.05) is 6.61 Å². The van der Waals surface area contributed by atoms with Crippen LogP contribution in [-0.4, -0.2) is 11.7 Å². The molecule has 0 aliphatic rings. The van der Waals surface area contributed by atoms with E-state index in [4.69, 9.17) is 5.11 Å². The van der Waals surface area contributed by atoms with E-state index in [1.165, 1.54) is 57.8 Å². The molecule has 0 aromatic carbocycles. The third-order valence-electron chi connectivity index (χ3n) is 2.51. The van der Waals surface area contributed by atoms with E-state index in [1.54, 1.807) is 0 Å². The van der Waals surface area contributed by atoms with Crippen LogP contribution in [0.5, 0.6) is 0 Å². The van der Waals surface area contributed by atoms with E-state index < -0.39 is 0 Å². The predicted octanol–water partition coefficient (Wildman–Crippen LogP) is -1.87. The summed E-state index contributed by atoms with van der Waals surface area (Å²) in [5.41, 5.74) is 0. The molecule has 0 saturated carbocycles. The Kier molecular flexibility index (Phi) is 31.4. The molecule has 1 nitrogen and oxygen atoms in total. The number of hydrogen-bond donors (Lipinski definition) is 1. The molecule has 0 spiro atoms. The summed E-state index contributed by atoms with van der Waals surface area (Å²) in [5, 5.41) is 8.57. The molecule has 3 heteroatoms. The van der Waals surface area contributed by atoms with Gasteiger partial charge in [-0.15, -0.1) is 0 Å². The molecule has 15 heavy (non-hydrogen) atoms. The quantitative estimate of drug-likeness (QED) is 0.347. The second-order valence-electron chi connectivity index (χ2n) is 3.91. The predicted molar refractivity (Wildman–Crippen MR) is 61.2 cm³/mol. The van der Waals surface area contributed by atoms with E-state index in [-0.39, 0.29) is 62.0 Å². The van der Waals surface area contributed by atoms with Gasteiger partial charge in [0, 0.05) is 6.61 Å². The van der Waals surface area contributed by atoms with Crippen molar-refractivity contribution in [1.82, 2.24) is 0 Å². The number of aliphatic hydroxyl groups excluding tert-OH is 1. The third-order valence-corrected chi connectivity index (χ3v) is 2.51. The van der Waals surface area contributed by atoms with Gasteiger partial charge in [0.2, 0.25) is 0 Å². The van der Waals surface area contributed by atoms with Crippen molar-refractivity contribution in [3.8, 4) is 0 Å². The van der Waals surface area contributed by atoms with Crippen LogP contribution in [0.3, 0.4) is 0 Å². The van der Waals surface area contributed by atoms with Crippen LogP contribution >= 0.6 is 0 Å². The molecule has 0 aromatic rings. The number of rotatable bonds is 10. The minimum atomic E-state index is 0. The molecule has 84 valence electrons. The van der Waals surface area contributed by atoms with Crippen LogP contribution in [0.25, 0.3) is 0 Å². The van der Waals surface area contributed by atoms with E-state index in [0.29, 0.717) is 6.61 Å². The Hall–Kier alpha value is 1.96. The maximum absolute atomic E-state index is 8.57. The summed E-state index contributed by atoms with van der Waals surface area (Å²) in [6.07, 6.45) is 13.3. The number of hydrogen-bond acceptors (Lipinski definition) is 1. The van der Waals surface area contributed by atoms with Gasteiger partial charge in [0.25, 0.3) is 0 Å². The Labute approximate surface area is 143 Å². The molecular weight excluding hydrogens is 206 g/mol. The Balaban J connectivity index is -0.000000120. The molecule has 0 amide bonds. The Morgan fingerprint density at radius 1 is 0.667 bits per heavy atom. The smallest absolute Gasteiger partial charge is 1.00 e. The molecule has 0 fully saturated rings. The summed E-state index contributed by atoms with van der Waals surface area (Å²) in [4.78, 5) is 0. The van der Waals surface area contributed by atoms with Crippen molar-refractivity contribution in [3.05, 3.63) is 0 Å². The van der Waals surface area contributed by atoms with Gasteiger partial charge in [-0.2, -0.15) is 0 Å². The van der Waals surface area contributed by atoms with Crippen LogP contribution < -0.4 is 59.1 Å². The minimum Gasteiger partial charge on any atom is -1.00 e. The maximum Gasteiger partial charge on any atom is 1.00 e. The van der Waals surface area contributed by atoms with Crippen molar-refractivity contribution in [1.29, 1.82) is 0 Å². The van der Waals surface area contributed by atoms with Gasteiger partial charge in [-0.25, -0.2) is 0 Å². The number of aliphatic hydroxyl groups is 1. The van der Waals surface area contributed by atoms with Crippen molar-refractivity contribution >= 4 is 0 Å². The molecule has 0 saturated heterocycles. The summed E-state index contributed by atoms with van der Waals surface area (Å²) >= 11 is 0. The molecule has 0 aromatic heterocycles. The second kappa shape index (κ2) is 21.3. The second-order valence-corrected chi connectivity index (χ2v) is 3.91. The fourth-order valence-electron chi connectivity index (χ4n) is 1.60. The van der Waals surface area contributed by atoms with E-state index in [1.807, 2.05) is 0 Å². The molecule has 0 bridgehead atoms. The Morgan fingerprint density at radius 3 is 1.33 bits per heavy atom. The largest absolute Gasteiger partial charge is 1.00 e. The van der Waals surface area contributed by atoms with E-state index in [0.717, 1.165) is 6.42 Å². The van der Waals surface area contributed by atoms with E-state index in [9.17, 15) is 0 Å². The van der Waals surface area contributed by atoms with Crippen LogP contribution in [0.2, 0.25) is 0 Å². The van der Waals surface area contributed by atoms with Crippen LogP contribution in [0.1, 0.15) is 74.0 Å². The average Bonchev–Trinajstić information content (AvgIpc) is 2.16. The molecule has 0 heterocycles. The van der Waals surface area contributed by atoms with Gasteiger partial charge in [-0.1, -0.05) is 64.7 Å². The average molecular weight is 234 g/mol. The van der Waals surface area contributed by atoms with Crippen LogP contribution in [0, 0.1) is 0 Å². The first-order chi connectivity index (χ1) is 6.41. The van der Waals surface area contributed by atoms with Crippen molar-refractivity contribution in [2.24, 2.45) is 0 Å². The van der Waals surface area contributed by atoms with E-state index in [2.05, 4.69) is 6.92 Å². The molecule has 0 aliphatic carbocycles. The monoisotopic (exact) mass is 234 g/mol. The topological polar surface area (TPSA) is 20.2 Å². The zero-order valence-corrected chi connectivity index (χ0v) is 15.2. The zero-order valence-electron chi connectivity index (χ0n) is 13.2. The van der Waals surface area contributed by atoms with Gasteiger partial charge in [0.1, 0.15) is 0 Å². The fourth-order valence-corrected chi connectivity index (χ4v) is 1.60. The molecule has 0 rings (SSSR count).